The van der Waals surface area contributed by atoms with Gasteiger partial charge in [-0.25, -0.2) is 0 Å². The van der Waals surface area contributed by atoms with Crippen LogP contribution in [0.4, 0.5) is 13.2 Å². The minimum absolute atomic E-state index is 0.00605. The van der Waals surface area contributed by atoms with Crippen LogP contribution in [0.2, 0.25) is 0 Å². The third-order valence-electron chi connectivity index (χ3n) is 4.66. The number of carboxylic acid groups (broad SMARTS) is 1. The number of nitrogens with one attached hydrogen (secondary N) is 1. The summed E-state index contributed by atoms with van der Waals surface area (Å²) < 4.78 is 63.4. The van der Waals surface area contributed by atoms with Gasteiger partial charge in [0.15, 0.2) is 0 Å². The first-order valence-electron chi connectivity index (χ1n) is 9.79. The summed E-state index contributed by atoms with van der Waals surface area (Å²) in [5, 5.41) is 13.7. The van der Waals surface area contributed by atoms with Crippen LogP contribution in [-0.4, -0.2) is 31.8 Å². The average molecular weight is 486 g/mol. The minimum atomic E-state index is -5.80. The van der Waals surface area contributed by atoms with E-state index in [9.17, 15) is 36.3 Å². The van der Waals surface area contributed by atoms with Crippen molar-refractivity contribution in [3.05, 3.63) is 65.2 Å². The number of benzene rings is 2. The highest BCUT2D eigenvalue weighted by atomic mass is 32.2. The van der Waals surface area contributed by atoms with Crippen molar-refractivity contribution in [3.8, 4) is 5.75 Å². The molecule has 0 saturated heterocycles. The minimum Gasteiger partial charge on any atom is -0.550 e. The van der Waals surface area contributed by atoms with Gasteiger partial charge in [-0.15, -0.1) is 0 Å². The molecule has 0 fully saturated rings. The third kappa shape index (κ3) is 7.48. The lowest BCUT2D eigenvalue weighted by molar-refractivity contribution is -0.306. The Bertz CT molecular complexity index is 1090. The SMILES string of the molecule is CC(C)(C)c1ccc(C(=O)NC(CC(=O)[O-])Cc2ccc(OS(=O)(=O)C(F)(F)F)cc2)cc1. The topological polar surface area (TPSA) is 113 Å². The summed E-state index contributed by atoms with van der Waals surface area (Å²) >= 11 is 0. The largest absolute Gasteiger partial charge is 0.550 e. The van der Waals surface area contributed by atoms with E-state index in [4.69, 9.17) is 0 Å². The predicted octanol–water partition coefficient (Wildman–Crippen LogP) is 2.69. The first-order valence-corrected chi connectivity index (χ1v) is 11.2. The van der Waals surface area contributed by atoms with E-state index < -0.39 is 45.7 Å². The molecule has 0 radical (unpaired) electrons. The Morgan fingerprint density at radius 3 is 2.00 bits per heavy atom. The molecule has 0 aromatic heterocycles. The van der Waals surface area contributed by atoms with E-state index in [1.165, 1.54) is 12.1 Å². The van der Waals surface area contributed by atoms with E-state index in [1.807, 2.05) is 20.8 Å². The zero-order chi connectivity index (χ0) is 25.0. The number of amides is 1. The maximum Gasteiger partial charge on any atom is 0.534 e. The quantitative estimate of drug-likeness (QED) is 0.454. The first kappa shape index (κ1) is 26.2. The molecule has 1 N–H and O–H groups in total. The van der Waals surface area contributed by atoms with Gasteiger partial charge < -0.3 is 19.4 Å². The maximum atomic E-state index is 12.6. The summed E-state index contributed by atoms with van der Waals surface area (Å²) in [7, 11) is -5.80. The van der Waals surface area contributed by atoms with Gasteiger partial charge in [-0.05, 0) is 47.2 Å². The monoisotopic (exact) mass is 486 g/mol. The maximum absolute atomic E-state index is 12.6. The molecular weight excluding hydrogens is 463 g/mol. The number of carbonyl (C=O) groups excluding carboxylic acids is 2. The van der Waals surface area contributed by atoms with E-state index in [1.54, 1.807) is 24.3 Å². The number of halogens is 3. The molecule has 2 rings (SSSR count). The Kier molecular flexibility index (Phi) is 7.79. The molecule has 1 unspecified atom stereocenters. The van der Waals surface area contributed by atoms with E-state index in [0.29, 0.717) is 11.1 Å². The second-order valence-corrected chi connectivity index (χ2v) is 9.94. The number of alkyl halides is 3. The molecule has 2 aromatic rings. The predicted molar refractivity (Wildman–Crippen MR) is 112 cm³/mol. The lowest BCUT2D eigenvalue weighted by atomic mass is 9.86. The molecule has 1 atom stereocenters. The summed E-state index contributed by atoms with van der Waals surface area (Å²) in [4.78, 5) is 23.7. The molecule has 180 valence electrons. The van der Waals surface area contributed by atoms with Crippen molar-refractivity contribution in [1.82, 2.24) is 5.32 Å². The summed E-state index contributed by atoms with van der Waals surface area (Å²) in [5.41, 5.74) is -3.91. The zero-order valence-corrected chi connectivity index (χ0v) is 18.9. The van der Waals surface area contributed by atoms with Gasteiger partial charge >= 0.3 is 15.6 Å². The Hall–Kier alpha value is -3.08. The van der Waals surface area contributed by atoms with Crippen LogP contribution >= 0.6 is 0 Å². The first-order chi connectivity index (χ1) is 15.1. The number of aliphatic carboxylic acids is 1. The number of carbonyl (C=O) groups is 2. The molecule has 0 aliphatic carbocycles. The molecule has 2 aromatic carbocycles. The standard InChI is InChI=1S/C22H24F3NO6S/c1-21(2,3)16-8-6-15(7-9-16)20(29)26-17(13-19(27)28)12-14-4-10-18(11-5-14)32-33(30,31)22(23,24)25/h4-11,17H,12-13H2,1-3H3,(H,26,29)(H,27,28)/p-1. The van der Waals surface area contributed by atoms with Crippen molar-refractivity contribution in [2.45, 2.75) is 50.6 Å². The van der Waals surface area contributed by atoms with Gasteiger partial charge in [0.05, 0.1) is 0 Å². The number of rotatable bonds is 8. The Balaban J connectivity index is 2.11. The van der Waals surface area contributed by atoms with Crippen LogP contribution in [0.5, 0.6) is 5.75 Å². The Morgan fingerprint density at radius 1 is 1.00 bits per heavy atom. The fraction of sp³-hybridized carbons (Fsp3) is 0.364. The fourth-order valence-electron chi connectivity index (χ4n) is 2.91. The van der Waals surface area contributed by atoms with Gasteiger partial charge in [-0.2, -0.15) is 21.6 Å². The van der Waals surface area contributed by atoms with E-state index in [2.05, 4.69) is 9.50 Å². The molecule has 0 spiro atoms. The highest BCUT2D eigenvalue weighted by Gasteiger charge is 2.48. The van der Waals surface area contributed by atoms with Crippen LogP contribution in [0.1, 0.15) is 48.7 Å². The Labute approximate surface area is 189 Å². The second kappa shape index (κ2) is 9.82. The van der Waals surface area contributed by atoms with Crippen molar-refractivity contribution in [2.24, 2.45) is 0 Å². The van der Waals surface area contributed by atoms with Crippen LogP contribution < -0.4 is 14.6 Å². The summed E-state index contributed by atoms with van der Waals surface area (Å²) in [6.45, 7) is 6.06. The average Bonchev–Trinajstić information content (AvgIpc) is 2.67. The molecule has 0 aliphatic heterocycles. The summed E-state index contributed by atoms with van der Waals surface area (Å²) in [5.74, 6) is -2.46. The lowest BCUT2D eigenvalue weighted by Gasteiger charge is -2.21. The molecule has 0 heterocycles. The van der Waals surface area contributed by atoms with Crippen LogP contribution in [0.15, 0.2) is 48.5 Å². The van der Waals surface area contributed by atoms with Crippen molar-refractivity contribution in [2.75, 3.05) is 0 Å². The van der Waals surface area contributed by atoms with Crippen molar-refractivity contribution < 1.29 is 40.5 Å². The molecule has 0 saturated carbocycles. The number of carboxylic acids is 1. The van der Waals surface area contributed by atoms with Gasteiger partial charge in [0, 0.05) is 24.0 Å². The zero-order valence-electron chi connectivity index (χ0n) is 18.1. The van der Waals surface area contributed by atoms with Crippen LogP contribution in [0, 0.1) is 0 Å². The lowest BCUT2D eigenvalue weighted by Crippen LogP contribution is -2.41. The van der Waals surface area contributed by atoms with E-state index in [0.717, 1.165) is 17.7 Å². The molecule has 0 aliphatic rings. The van der Waals surface area contributed by atoms with Gasteiger partial charge in [-0.3, -0.25) is 4.79 Å². The number of hydrogen-bond donors (Lipinski definition) is 1. The normalized spacial score (nSPS) is 13.3. The highest BCUT2D eigenvalue weighted by molar-refractivity contribution is 7.88. The van der Waals surface area contributed by atoms with E-state index in [-0.39, 0.29) is 11.8 Å². The molecule has 7 nitrogen and oxygen atoms in total. The van der Waals surface area contributed by atoms with Crippen LogP contribution in [-0.2, 0) is 26.7 Å². The van der Waals surface area contributed by atoms with Gasteiger partial charge in [0.25, 0.3) is 5.91 Å². The molecule has 33 heavy (non-hydrogen) atoms. The molecule has 1 amide bonds. The van der Waals surface area contributed by atoms with Crippen molar-refractivity contribution >= 4 is 22.0 Å². The molecular formula is C22H23F3NO6S-. The van der Waals surface area contributed by atoms with Gasteiger partial charge in [0.2, 0.25) is 0 Å². The fourth-order valence-corrected chi connectivity index (χ4v) is 3.36. The van der Waals surface area contributed by atoms with Crippen molar-refractivity contribution in [3.63, 3.8) is 0 Å². The summed E-state index contributed by atoms with van der Waals surface area (Å²) in [6, 6.07) is 10.5. The highest BCUT2D eigenvalue weighted by Crippen LogP contribution is 2.27. The van der Waals surface area contributed by atoms with Crippen molar-refractivity contribution in [1.29, 1.82) is 0 Å². The molecule has 11 heteroatoms. The smallest absolute Gasteiger partial charge is 0.534 e. The van der Waals surface area contributed by atoms with Gasteiger partial charge in [-0.1, -0.05) is 45.0 Å². The third-order valence-corrected chi connectivity index (χ3v) is 5.64. The van der Waals surface area contributed by atoms with Crippen LogP contribution in [0.3, 0.4) is 0 Å². The van der Waals surface area contributed by atoms with Gasteiger partial charge in [0.1, 0.15) is 5.75 Å². The number of hydrogen-bond acceptors (Lipinski definition) is 6. The summed E-state index contributed by atoms with van der Waals surface area (Å²) in [6.07, 6.45) is -0.501. The van der Waals surface area contributed by atoms with E-state index >= 15 is 0 Å². The molecule has 0 bridgehead atoms. The second-order valence-electron chi connectivity index (χ2n) is 8.41. The Morgan fingerprint density at radius 2 is 1.55 bits per heavy atom. The van der Waals surface area contributed by atoms with Crippen LogP contribution in [0.25, 0.3) is 0 Å².